The summed E-state index contributed by atoms with van der Waals surface area (Å²) in [5.74, 6) is 2.62. The average Bonchev–Trinajstić information content (AvgIpc) is 2.58. The second-order valence-electron chi connectivity index (χ2n) is 9.19. The van der Waals surface area contributed by atoms with E-state index in [0.717, 1.165) is 49.9 Å². The minimum atomic E-state index is -0.0871. The van der Waals surface area contributed by atoms with Crippen molar-refractivity contribution in [2.75, 3.05) is 13.1 Å². The Morgan fingerprint density at radius 3 is 1.96 bits per heavy atom. The number of nitrogens with one attached hydrogen (secondary N) is 3. The van der Waals surface area contributed by atoms with Gasteiger partial charge in [0.25, 0.3) is 0 Å². The first-order valence-electron chi connectivity index (χ1n) is 10.5. The quantitative estimate of drug-likeness (QED) is 0.669. The maximum absolute atomic E-state index is 12.8. The molecule has 0 heterocycles. The van der Waals surface area contributed by atoms with Crippen LogP contribution in [0.1, 0.15) is 70.6 Å². The van der Waals surface area contributed by atoms with Crippen LogP contribution in [0.4, 0.5) is 4.79 Å². The molecule has 25 heavy (non-hydrogen) atoms. The van der Waals surface area contributed by atoms with E-state index in [4.69, 9.17) is 0 Å². The fraction of sp³-hybridized carbons (Fsp3) is 0.900. The Bertz CT molecular complexity index is 478. The topological polar surface area (TPSA) is 70.2 Å². The Morgan fingerprint density at radius 1 is 0.800 bits per heavy atom. The van der Waals surface area contributed by atoms with Crippen LogP contribution in [0.2, 0.25) is 0 Å². The number of hydrogen-bond donors (Lipinski definition) is 3. The fourth-order valence-electron chi connectivity index (χ4n) is 6.41. The number of carbonyl (C=O) groups excluding carboxylic acids is 2. The van der Waals surface area contributed by atoms with Crippen molar-refractivity contribution in [3.63, 3.8) is 0 Å². The molecule has 0 aromatic rings. The lowest BCUT2D eigenvalue weighted by molar-refractivity contribution is -0.146. The summed E-state index contributed by atoms with van der Waals surface area (Å²) in [6, 6.07) is 0.242. The van der Waals surface area contributed by atoms with Gasteiger partial charge in [-0.15, -0.1) is 0 Å². The van der Waals surface area contributed by atoms with E-state index in [2.05, 4.69) is 16.0 Å². The molecule has 0 aromatic heterocycles. The Kier molecular flexibility index (Phi) is 4.92. The van der Waals surface area contributed by atoms with Gasteiger partial charge in [0.2, 0.25) is 5.91 Å². The van der Waals surface area contributed by atoms with Crippen LogP contribution in [-0.4, -0.2) is 31.1 Å². The Morgan fingerprint density at radius 2 is 1.36 bits per heavy atom. The molecule has 5 saturated carbocycles. The molecule has 5 aliphatic carbocycles. The molecule has 0 saturated heterocycles. The van der Waals surface area contributed by atoms with E-state index in [1.165, 1.54) is 38.5 Å². The lowest BCUT2D eigenvalue weighted by Gasteiger charge is -2.55. The molecule has 3 amide bonds. The van der Waals surface area contributed by atoms with Crippen LogP contribution < -0.4 is 16.0 Å². The Labute approximate surface area is 151 Å². The van der Waals surface area contributed by atoms with Crippen LogP contribution in [0, 0.1) is 23.2 Å². The van der Waals surface area contributed by atoms with Crippen molar-refractivity contribution in [2.24, 2.45) is 23.2 Å². The van der Waals surface area contributed by atoms with Crippen LogP contribution in [-0.2, 0) is 4.79 Å². The maximum atomic E-state index is 12.8. The van der Waals surface area contributed by atoms with E-state index in [-0.39, 0.29) is 17.4 Å². The molecule has 5 fully saturated rings. The van der Waals surface area contributed by atoms with Crippen LogP contribution in [0.25, 0.3) is 0 Å². The molecule has 4 bridgehead atoms. The fourth-order valence-corrected chi connectivity index (χ4v) is 6.41. The number of hydrogen-bond acceptors (Lipinski definition) is 2. The van der Waals surface area contributed by atoms with E-state index in [0.29, 0.717) is 19.1 Å². The van der Waals surface area contributed by atoms with Crippen molar-refractivity contribution in [1.29, 1.82) is 0 Å². The molecular weight excluding hydrogens is 314 g/mol. The lowest BCUT2D eigenvalue weighted by atomic mass is 9.49. The molecule has 0 radical (unpaired) electrons. The van der Waals surface area contributed by atoms with Crippen molar-refractivity contribution in [1.82, 2.24) is 16.0 Å². The summed E-state index contributed by atoms with van der Waals surface area (Å²) in [5, 5.41) is 9.06. The van der Waals surface area contributed by atoms with Crippen molar-refractivity contribution in [3.8, 4) is 0 Å². The van der Waals surface area contributed by atoms with Gasteiger partial charge in [-0.1, -0.05) is 19.3 Å². The van der Waals surface area contributed by atoms with Gasteiger partial charge >= 0.3 is 6.03 Å². The van der Waals surface area contributed by atoms with Crippen molar-refractivity contribution < 1.29 is 9.59 Å². The van der Waals surface area contributed by atoms with Crippen molar-refractivity contribution in [2.45, 2.75) is 76.7 Å². The molecular formula is C20H33N3O2. The molecule has 0 aliphatic heterocycles. The number of amides is 3. The molecule has 5 heteroatoms. The van der Waals surface area contributed by atoms with Gasteiger partial charge in [-0.25, -0.2) is 4.79 Å². The van der Waals surface area contributed by atoms with Gasteiger partial charge in [0.15, 0.2) is 0 Å². The van der Waals surface area contributed by atoms with E-state index >= 15 is 0 Å². The highest BCUT2D eigenvalue weighted by Gasteiger charge is 2.54. The van der Waals surface area contributed by atoms with Gasteiger partial charge in [0.1, 0.15) is 0 Å². The molecule has 140 valence electrons. The summed E-state index contributed by atoms with van der Waals surface area (Å²) in [7, 11) is 0. The molecule has 5 aliphatic rings. The molecule has 0 spiro atoms. The van der Waals surface area contributed by atoms with Crippen LogP contribution in [0.3, 0.4) is 0 Å². The number of rotatable bonds is 5. The van der Waals surface area contributed by atoms with E-state index in [1.54, 1.807) is 0 Å². The molecule has 0 unspecified atom stereocenters. The largest absolute Gasteiger partial charge is 0.354 e. The van der Waals surface area contributed by atoms with Crippen molar-refractivity contribution in [3.05, 3.63) is 0 Å². The summed E-state index contributed by atoms with van der Waals surface area (Å²) in [5.41, 5.74) is -0.0842. The second kappa shape index (κ2) is 7.16. The Hall–Kier alpha value is -1.26. The molecule has 0 atom stereocenters. The van der Waals surface area contributed by atoms with Gasteiger partial charge in [0, 0.05) is 24.5 Å². The zero-order chi connectivity index (χ0) is 17.3. The third kappa shape index (κ3) is 3.80. The summed E-state index contributed by atoms with van der Waals surface area (Å²) in [4.78, 5) is 24.8. The first-order chi connectivity index (χ1) is 12.1. The minimum Gasteiger partial charge on any atom is -0.354 e. The van der Waals surface area contributed by atoms with Gasteiger partial charge in [-0.2, -0.15) is 0 Å². The van der Waals surface area contributed by atoms with E-state index in [9.17, 15) is 9.59 Å². The van der Waals surface area contributed by atoms with Gasteiger partial charge in [0.05, 0.1) is 0 Å². The average molecular weight is 348 g/mol. The van der Waals surface area contributed by atoms with Crippen molar-refractivity contribution >= 4 is 11.9 Å². The highest BCUT2D eigenvalue weighted by molar-refractivity contribution is 5.83. The van der Waals surface area contributed by atoms with Crippen LogP contribution in [0.15, 0.2) is 0 Å². The maximum Gasteiger partial charge on any atom is 0.315 e. The predicted octanol–water partition coefficient (Wildman–Crippen LogP) is 2.95. The highest BCUT2D eigenvalue weighted by Crippen LogP contribution is 2.60. The van der Waals surface area contributed by atoms with Gasteiger partial charge < -0.3 is 16.0 Å². The first kappa shape index (κ1) is 17.2. The molecule has 3 N–H and O–H groups in total. The summed E-state index contributed by atoms with van der Waals surface area (Å²) < 4.78 is 0. The predicted molar refractivity (Wildman–Crippen MR) is 97.0 cm³/mol. The standard InChI is InChI=1S/C20H33N3O2/c24-18(20-11-14-8-15(12-20)10-16(9-14)13-20)21-6-7-22-19(25)23-17-4-2-1-3-5-17/h14-17H,1-13H2,(H,21,24)(H2,22,23,25). The summed E-state index contributed by atoms with van der Waals surface area (Å²) in [6.45, 7) is 1.05. The van der Waals surface area contributed by atoms with E-state index in [1.807, 2.05) is 0 Å². The van der Waals surface area contributed by atoms with Gasteiger partial charge in [-0.05, 0) is 69.1 Å². The number of urea groups is 1. The van der Waals surface area contributed by atoms with Gasteiger partial charge in [-0.3, -0.25) is 4.79 Å². The lowest BCUT2D eigenvalue weighted by Crippen LogP contribution is -2.54. The van der Waals surface area contributed by atoms with Crippen LogP contribution >= 0.6 is 0 Å². The smallest absolute Gasteiger partial charge is 0.315 e. The zero-order valence-electron chi connectivity index (χ0n) is 15.3. The van der Waals surface area contributed by atoms with E-state index < -0.39 is 0 Å². The third-order valence-corrected chi connectivity index (χ3v) is 7.16. The molecule has 5 nitrogen and oxygen atoms in total. The normalized spacial score (nSPS) is 36.9. The SMILES string of the molecule is O=C(NCCNC(=O)C12CC3CC(CC(C3)C1)C2)NC1CCCCC1. The summed E-state index contributed by atoms with van der Waals surface area (Å²) in [6.07, 6.45) is 13.3. The minimum absolute atomic E-state index is 0.0842. The number of carbonyl (C=O) groups is 2. The summed E-state index contributed by atoms with van der Waals surface area (Å²) >= 11 is 0. The third-order valence-electron chi connectivity index (χ3n) is 7.16. The monoisotopic (exact) mass is 347 g/mol. The first-order valence-corrected chi connectivity index (χ1v) is 10.5. The Balaban J connectivity index is 1.17. The highest BCUT2D eigenvalue weighted by atomic mass is 16.2. The molecule has 0 aromatic carbocycles. The molecule has 5 rings (SSSR count). The zero-order valence-corrected chi connectivity index (χ0v) is 15.3. The van der Waals surface area contributed by atoms with Crippen LogP contribution in [0.5, 0.6) is 0 Å². The second-order valence-corrected chi connectivity index (χ2v) is 9.19.